The number of hydrogen-bond acceptors (Lipinski definition) is 5. The molecule has 23 heavy (non-hydrogen) atoms. The molecule has 1 atom stereocenters. The molecule has 1 rings (SSSR count). The molecule has 0 aromatic heterocycles. The van der Waals surface area contributed by atoms with Crippen LogP contribution in [-0.4, -0.2) is 30.0 Å². The van der Waals surface area contributed by atoms with Gasteiger partial charge >= 0.3 is 12.1 Å². The molecule has 1 unspecified atom stereocenters. The van der Waals surface area contributed by atoms with Crippen LogP contribution in [0, 0.1) is 0 Å². The summed E-state index contributed by atoms with van der Waals surface area (Å²) in [5.41, 5.74) is 0.242. The molecule has 1 aromatic rings. The van der Waals surface area contributed by atoms with Crippen molar-refractivity contribution in [2.24, 2.45) is 0 Å². The largest absolute Gasteiger partial charge is 0.461 e. The lowest BCUT2D eigenvalue weighted by Gasteiger charge is -2.21. The monoisotopic (exact) mass is 321 g/mol. The van der Waals surface area contributed by atoms with Gasteiger partial charge < -0.3 is 19.6 Å². The van der Waals surface area contributed by atoms with E-state index in [4.69, 9.17) is 9.47 Å². The SMILES string of the molecule is CC(C)(C)OC(=O)NC(C=O)CCC(=O)OCc1ccccc1. The zero-order valence-electron chi connectivity index (χ0n) is 13.7. The number of rotatable bonds is 7. The van der Waals surface area contributed by atoms with E-state index in [1.54, 1.807) is 20.8 Å². The van der Waals surface area contributed by atoms with Gasteiger partial charge in [-0.3, -0.25) is 4.79 Å². The van der Waals surface area contributed by atoms with Gasteiger partial charge in [-0.25, -0.2) is 4.79 Å². The van der Waals surface area contributed by atoms with Gasteiger partial charge in [0, 0.05) is 6.42 Å². The predicted molar refractivity (Wildman–Crippen MR) is 84.7 cm³/mol. The van der Waals surface area contributed by atoms with Crippen molar-refractivity contribution in [3.05, 3.63) is 35.9 Å². The minimum absolute atomic E-state index is 0.0338. The Morgan fingerprint density at radius 2 is 1.87 bits per heavy atom. The van der Waals surface area contributed by atoms with Crippen molar-refractivity contribution in [1.29, 1.82) is 0 Å². The molecule has 1 N–H and O–H groups in total. The van der Waals surface area contributed by atoms with Crippen LogP contribution in [0.3, 0.4) is 0 Å². The highest BCUT2D eigenvalue weighted by molar-refractivity contribution is 5.74. The number of aldehydes is 1. The maximum absolute atomic E-state index is 11.7. The molecule has 1 amide bonds. The Morgan fingerprint density at radius 3 is 2.43 bits per heavy atom. The van der Waals surface area contributed by atoms with Crippen molar-refractivity contribution >= 4 is 18.3 Å². The van der Waals surface area contributed by atoms with E-state index in [0.717, 1.165) is 5.56 Å². The van der Waals surface area contributed by atoms with E-state index in [1.807, 2.05) is 30.3 Å². The number of esters is 1. The average molecular weight is 321 g/mol. The molecule has 0 heterocycles. The van der Waals surface area contributed by atoms with Crippen molar-refractivity contribution < 1.29 is 23.9 Å². The number of hydrogen-bond donors (Lipinski definition) is 1. The van der Waals surface area contributed by atoms with Crippen molar-refractivity contribution in [3.63, 3.8) is 0 Å². The van der Waals surface area contributed by atoms with Gasteiger partial charge in [0.1, 0.15) is 18.5 Å². The number of ether oxygens (including phenoxy) is 2. The molecule has 0 saturated heterocycles. The van der Waals surface area contributed by atoms with Crippen LogP contribution in [0.2, 0.25) is 0 Å². The van der Waals surface area contributed by atoms with Gasteiger partial charge in [-0.05, 0) is 32.8 Å². The quantitative estimate of drug-likeness (QED) is 0.616. The Bertz CT molecular complexity index is 522. The highest BCUT2D eigenvalue weighted by Gasteiger charge is 2.20. The van der Waals surface area contributed by atoms with E-state index >= 15 is 0 Å². The summed E-state index contributed by atoms with van der Waals surface area (Å²) in [6.45, 7) is 5.36. The second kappa shape index (κ2) is 8.92. The minimum Gasteiger partial charge on any atom is -0.461 e. The molecule has 126 valence electrons. The molecule has 0 aliphatic heterocycles. The first kappa shape index (κ1) is 18.7. The Hall–Kier alpha value is -2.37. The second-order valence-corrected chi connectivity index (χ2v) is 6.07. The van der Waals surface area contributed by atoms with Crippen LogP contribution < -0.4 is 5.32 Å². The number of carbonyl (C=O) groups is 3. The summed E-state index contributed by atoms with van der Waals surface area (Å²) >= 11 is 0. The lowest BCUT2D eigenvalue weighted by Crippen LogP contribution is -2.40. The van der Waals surface area contributed by atoms with E-state index < -0.39 is 23.7 Å². The molecule has 0 spiro atoms. The van der Waals surface area contributed by atoms with Crippen molar-refractivity contribution in [3.8, 4) is 0 Å². The Kier molecular flexibility index (Phi) is 7.25. The van der Waals surface area contributed by atoms with Crippen molar-refractivity contribution in [2.45, 2.75) is 51.9 Å². The van der Waals surface area contributed by atoms with Gasteiger partial charge in [-0.1, -0.05) is 30.3 Å². The van der Waals surface area contributed by atoms with Crippen LogP contribution >= 0.6 is 0 Å². The van der Waals surface area contributed by atoms with Crippen molar-refractivity contribution in [1.82, 2.24) is 5.32 Å². The maximum atomic E-state index is 11.7. The van der Waals surface area contributed by atoms with Gasteiger partial charge in [-0.2, -0.15) is 0 Å². The molecule has 1 aromatic carbocycles. The summed E-state index contributed by atoms with van der Waals surface area (Å²) in [7, 11) is 0. The molecular formula is C17H23NO5. The highest BCUT2D eigenvalue weighted by atomic mass is 16.6. The third-order valence-electron chi connectivity index (χ3n) is 2.77. The zero-order valence-corrected chi connectivity index (χ0v) is 13.7. The average Bonchev–Trinajstić information content (AvgIpc) is 2.48. The van der Waals surface area contributed by atoms with E-state index in [-0.39, 0.29) is 19.4 Å². The molecule has 0 fully saturated rings. The fourth-order valence-electron chi connectivity index (χ4n) is 1.72. The maximum Gasteiger partial charge on any atom is 0.408 e. The van der Waals surface area contributed by atoms with Gasteiger partial charge in [-0.15, -0.1) is 0 Å². The van der Waals surface area contributed by atoms with E-state index in [0.29, 0.717) is 6.29 Å². The van der Waals surface area contributed by atoms with Crippen LogP contribution in [0.4, 0.5) is 4.79 Å². The third-order valence-corrected chi connectivity index (χ3v) is 2.77. The number of nitrogens with one attached hydrogen (secondary N) is 1. The van der Waals surface area contributed by atoms with Gasteiger partial charge in [0.25, 0.3) is 0 Å². The van der Waals surface area contributed by atoms with E-state index in [9.17, 15) is 14.4 Å². The van der Waals surface area contributed by atoms with Crippen molar-refractivity contribution in [2.75, 3.05) is 0 Å². The third kappa shape index (κ3) is 8.60. The van der Waals surface area contributed by atoms with Gasteiger partial charge in [0.2, 0.25) is 0 Å². The summed E-state index contributed by atoms with van der Waals surface area (Å²) in [6, 6.07) is 8.51. The fraction of sp³-hybridized carbons (Fsp3) is 0.471. The molecule has 0 aliphatic rings. The molecule has 0 aliphatic carbocycles. The first-order valence-corrected chi connectivity index (χ1v) is 7.44. The normalized spacial score (nSPS) is 12.1. The van der Waals surface area contributed by atoms with E-state index in [2.05, 4.69) is 5.32 Å². The molecule has 0 bridgehead atoms. The zero-order chi connectivity index (χ0) is 17.3. The molecule has 0 radical (unpaired) electrons. The number of amides is 1. The van der Waals surface area contributed by atoms with Crippen LogP contribution in [0.1, 0.15) is 39.2 Å². The number of benzene rings is 1. The van der Waals surface area contributed by atoms with Crippen LogP contribution in [0.25, 0.3) is 0 Å². The summed E-state index contributed by atoms with van der Waals surface area (Å²) in [5, 5.41) is 2.42. The smallest absolute Gasteiger partial charge is 0.408 e. The molecule has 0 saturated carbocycles. The van der Waals surface area contributed by atoms with Crippen LogP contribution in [0.5, 0.6) is 0 Å². The lowest BCUT2D eigenvalue weighted by molar-refractivity contribution is -0.145. The summed E-state index contributed by atoms with van der Waals surface area (Å²) in [6.07, 6.45) is 0.0869. The molecule has 6 nitrogen and oxygen atoms in total. The highest BCUT2D eigenvalue weighted by Crippen LogP contribution is 2.08. The lowest BCUT2D eigenvalue weighted by atomic mass is 10.2. The van der Waals surface area contributed by atoms with Crippen LogP contribution in [-0.2, 0) is 25.7 Å². The van der Waals surface area contributed by atoms with Crippen LogP contribution in [0.15, 0.2) is 30.3 Å². The van der Waals surface area contributed by atoms with Gasteiger partial charge in [0.15, 0.2) is 0 Å². The summed E-state index contributed by atoms with van der Waals surface area (Å²) in [4.78, 5) is 34.2. The molecular weight excluding hydrogens is 298 g/mol. The standard InChI is InChI=1S/C17H23NO5/c1-17(2,3)23-16(21)18-14(11-19)9-10-15(20)22-12-13-7-5-4-6-8-13/h4-8,11,14H,9-10,12H2,1-3H3,(H,18,21). The Balaban J connectivity index is 2.32. The van der Waals surface area contributed by atoms with E-state index in [1.165, 1.54) is 0 Å². The predicted octanol–water partition coefficient (Wildman–Crippen LogP) is 2.60. The summed E-state index contributed by atoms with van der Waals surface area (Å²) < 4.78 is 10.2. The first-order chi connectivity index (χ1) is 10.8. The first-order valence-electron chi connectivity index (χ1n) is 7.44. The van der Waals surface area contributed by atoms with Gasteiger partial charge in [0.05, 0.1) is 6.04 Å². The number of carbonyl (C=O) groups excluding carboxylic acids is 3. The Labute approximate surface area is 136 Å². The fourth-order valence-corrected chi connectivity index (χ4v) is 1.72. The topological polar surface area (TPSA) is 81.7 Å². The summed E-state index contributed by atoms with van der Waals surface area (Å²) in [5.74, 6) is -0.424. The number of alkyl carbamates (subject to hydrolysis) is 1. The second-order valence-electron chi connectivity index (χ2n) is 6.07. The minimum atomic E-state index is -0.783. The Morgan fingerprint density at radius 1 is 1.22 bits per heavy atom. The molecule has 6 heteroatoms.